The minimum absolute atomic E-state index is 0.198. The average molecular weight is 527 g/mol. The van der Waals surface area contributed by atoms with Crippen LogP contribution < -0.4 is 20.7 Å². The molecule has 3 aliphatic rings. The number of ether oxygens (including phenoxy) is 1. The summed E-state index contributed by atoms with van der Waals surface area (Å²) in [6, 6.07) is 7.26. The molecule has 3 N–H and O–H groups in total. The molecule has 2 aromatic rings. The Kier molecular flexibility index (Phi) is 7.00. The fourth-order valence-corrected chi connectivity index (χ4v) is 5.50. The summed E-state index contributed by atoms with van der Waals surface area (Å²) in [6.07, 6.45) is 2.89. The van der Waals surface area contributed by atoms with E-state index in [0.717, 1.165) is 43.2 Å². The Bertz CT molecular complexity index is 1310. The van der Waals surface area contributed by atoms with Gasteiger partial charge in [-0.25, -0.2) is 4.39 Å². The van der Waals surface area contributed by atoms with Crippen LogP contribution in [0.15, 0.2) is 30.3 Å². The van der Waals surface area contributed by atoms with E-state index in [1.54, 1.807) is 11.0 Å². The highest BCUT2D eigenvalue weighted by atomic mass is 19.2. The van der Waals surface area contributed by atoms with Crippen molar-refractivity contribution in [1.82, 2.24) is 10.2 Å². The Labute approximate surface area is 217 Å². The molecule has 38 heavy (non-hydrogen) atoms. The summed E-state index contributed by atoms with van der Waals surface area (Å²) in [7, 11) is 0. The van der Waals surface area contributed by atoms with Crippen LogP contribution in [-0.4, -0.2) is 54.3 Å². The molecular weight excluding hydrogens is 498 g/mol. The number of rotatable bonds is 7. The molecule has 2 fully saturated rings. The van der Waals surface area contributed by atoms with E-state index in [4.69, 9.17) is 10.5 Å². The number of fused-ring (bicyclic) bond motifs is 1. The summed E-state index contributed by atoms with van der Waals surface area (Å²) >= 11 is 0. The first-order chi connectivity index (χ1) is 18.2. The second-order valence-electron chi connectivity index (χ2n) is 9.87. The smallest absolute Gasteiger partial charge is 0.255 e. The Hall–Kier alpha value is -4.02. The third kappa shape index (κ3) is 4.80. The van der Waals surface area contributed by atoms with Crippen LogP contribution in [0.2, 0.25) is 0 Å². The van der Waals surface area contributed by atoms with Crippen LogP contribution in [0.5, 0.6) is 5.75 Å². The van der Waals surface area contributed by atoms with Crippen molar-refractivity contribution >= 4 is 29.3 Å². The van der Waals surface area contributed by atoms with E-state index in [9.17, 15) is 28.0 Å². The lowest BCUT2D eigenvalue weighted by Crippen LogP contribution is -2.52. The number of halogens is 2. The van der Waals surface area contributed by atoms with E-state index >= 15 is 0 Å². The van der Waals surface area contributed by atoms with Gasteiger partial charge < -0.3 is 20.3 Å². The standard InChI is InChI=1S/C27H28F2N4O5/c28-23-17(25(30)35)4-6-21(24(23)29)38-13-10-15-8-11-32(12-9-15)19-3-1-2-16-18(19)14-33(27(16)37)20-5-7-22(34)31-26(20)36/h1-4,6,15,20H,5,7-14H2,(H2,30,35)(H,31,34,36). The van der Waals surface area contributed by atoms with Crippen molar-refractivity contribution in [2.45, 2.75) is 44.7 Å². The molecule has 1 unspecified atom stereocenters. The molecule has 3 heterocycles. The predicted octanol–water partition coefficient (Wildman–Crippen LogP) is 2.51. The molecule has 0 saturated carbocycles. The second kappa shape index (κ2) is 10.4. The van der Waals surface area contributed by atoms with Gasteiger partial charge in [0.25, 0.3) is 11.8 Å². The number of benzene rings is 2. The van der Waals surface area contributed by atoms with Crippen LogP contribution in [0.25, 0.3) is 0 Å². The molecule has 1 atom stereocenters. The number of hydrogen-bond donors (Lipinski definition) is 2. The van der Waals surface area contributed by atoms with Crippen molar-refractivity contribution in [3.63, 3.8) is 0 Å². The van der Waals surface area contributed by atoms with Crippen molar-refractivity contribution in [1.29, 1.82) is 0 Å². The maximum atomic E-state index is 14.2. The number of anilines is 1. The highest BCUT2D eigenvalue weighted by Gasteiger charge is 2.40. The molecular formula is C27H28F2N4O5. The number of amides is 4. The highest BCUT2D eigenvalue weighted by Crippen LogP contribution is 2.36. The van der Waals surface area contributed by atoms with Gasteiger partial charge in [-0.3, -0.25) is 24.5 Å². The number of carbonyl (C=O) groups excluding carboxylic acids is 4. The Morgan fingerprint density at radius 2 is 1.82 bits per heavy atom. The van der Waals surface area contributed by atoms with Crippen molar-refractivity contribution in [3.05, 3.63) is 58.7 Å². The van der Waals surface area contributed by atoms with E-state index in [1.807, 2.05) is 12.1 Å². The number of nitrogens with two attached hydrogens (primary N) is 1. The van der Waals surface area contributed by atoms with Crippen LogP contribution in [0, 0.1) is 17.6 Å². The van der Waals surface area contributed by atoms with Crippen molar-refractivity contribution in [2.75, 3.05) is 24.6 Å². The first-order valence-corrected chi connectivity index (χ1v) is 12.7. The van der Waals surface area contributed by atoms with Gasteiger partial charge in [-0.2, -0.15) is 4.39 Å². The van der Waals surface area contributed by atoms with E-state index in [1.165, 1.54) is 6.07 Å². The predicted molar refractivity (Wildman–Crippen MR) is 132 cm³/mol. The van der Waals surface area contributed by atoms with E-state index in [2.05, 4.69) is 10.2 Å². The molecule has 0 radical (unpaired) electrons. The van der Waals surface area contributed by atoms with Gasteiger partial charge in [-0.1, -0.05) is 6.07 Å². The van der Waals surface area contributed by atoms with Gasteiger partial charge in [0.2, 0.25) is 17.6 Å². The molecule has 4 amide bonds. The van der Waals surface area contributed by atoms with E-state index in [-0.39, 0.29) is 30.6 Å². The first kappa shape index (κ1) is 25.6. The Morgan fingerprint density at radius 1 is 1.05 bits per heavy atom. The molecule has 9 nitrogen and oxygen atoms in total. The van der Waals surface area contributed by atoms with Gasteiger partial charge in [-0.05, 0) is 55.9 Å². The monoisotopic (exact) mass is 526 g/mol. The lowest BCUT2D eigenvalue weighted by Gasteiger charge is -2.35. The van der Waals surface area contributed by atoms with E-state index < -0.39 is 35.1 Å². The number of primary amides is 1. The Balaban J connectivity index is 1.17. The lowest BCUT2D eigenvalue weighted by molar-refractivity contribution is -0.136. The molecule has 0 bridgehead atoms. The number of piperidine rings is 2. The molecule has 2 saturated heterocycles. The van der Waals surface area contributed by atoms with Crippen LogP contribution >= 0.6 is 0 Å². The van der Waals surface area contributed by atoms with Gasteiger partial charge in [0.1, 0.15) is 6.04 Å². The molecule has 2 aromatic carbocycles. The van der Waals surface area contributed by atoms with Gasteiger partial charge >= 0.3 is 0 Å². The molecule has 3 aliphatic heterocycles. The zero-order chi connectivity index (χ0) is 27.0. The zero-order valence-corrected chi connectivity index (χ0v) is 20.7. The number of imide groups is 1. The summed E-state index contributed by atoms with van der Waals surface area (Å²) in [5.41, 5.74) is 6.96. The lowest BCUT2D eigenvalue weighted by atomic mass is 9.93. The summed E-state index contributed by atoms with van der Waals surface area (Å²) in [6.45, 7) is 2.03. The van der Waals surface area contributed by atoms with E-state index in [0.29, 0.717) is 30.9 Å². The topological polar surface area (TPSA) is 122 Å². The quantitative estimate of drug-likeness (QED) is 0.535. The summed E-state index contributed by atoms with van der Waals surface area (Å²) < 4.78 is 33.6. The molecule has 0 aliphatic carbocycles. The van der Waals surface area contributed by atoms with Crippen LogP contribution in [0.1, 0.15) is 58.4 Å². The molecule has 200 valence electrons. The molecule has 11 heteroatoms. The second-order valence-corrected chi connectivity index (χ2v) is 9.87. The van der Waals surface area contributed by atoms with Gasteiger partial charge in [0.15, 0.2) is 11.6 Å². The van der Waals surface area contributed by atoms with Gasteiger partial charge in [0.05, 0.1) is 12.2 Å². The Morgan fingerprint density at radius 3 is 2.53 bits per heavy atom. The zero-order valence-electron chi connectivity index (χ0n) is 20.7. The average Bonchev–Trinajstić information content (AvgIpc) is 3.23. The maximum absolute atomic E-state index is 14.2. The van der Waals surface area contributed by atoms with Crippen LogP contribution in [0.3, 0.4) is 0 Å². The fourth-order valence-electron chi connectivity index (χ4n) is 5.50. The number of nitrogens with one attached hydrogen (secondary N) is 1. The summed E-state index contributed by atoms with van der Waals surface area (Å²) in [4.78, 5) is 51.9. The molecule has 0 aromatic heterocycles. The SMILES string of the molecule is NC(=O)c1ccc(OCCC2CCN(c3cccc4c3CN(C3CCC(=O)NC3=O)C4=O)CC2)c(F)c1F. The van der Waals surface area contributed by atoms with Crippen LogP contribution in [0.4, 0.5) is 14.5 Å². The minimum Gasteiger partial charge on any atom is -0.490 e. The highest BCUT2D eigenvalue weighted by molar-refractivity contribution is 6.06. The van der Waals surface area contributed by atoms with Crippen molar-refractivity contribution < 1.29 is 32.7 Å². The third-order valence-electron chi connectivity index (χ3n) is 7.61. The van der Waals surface area contributed by atoms with Crippen molar-refractivity contribution in [3.8, 4) is 5.75 Å². The number of carbonyl (C=O) groups is 4. The molecule has 5 rings (SSSR count). The number of nitrogens with zero attached hydrogens (tertiary/aromatic N) is 2. The largest absolute Gasteiger partial charge is 0.490 e. The normalized spacial score (nSPS) is 19.9. The fraction of sp³-hybridized carbons (Fsp3) is 0.407. The molecule has 0 spiro atoms. The van der Waals surface area contributed by atoms with Gasteiger partial charge in [-0.15, -0.1) is 0 Å². The summed E-state index contributed by atoms with van der Waals surface area (Å²) in [5.74, 6) is -4.46. The third-order valence-corrected chi connectivity index (χ3v) is 7.61. The maximum Gasteiger partial charge on any atom is 0.255 e. The van der Waals surface area contributed by atoms with Crippen LogP contribution in [-0.2, 0) is 16.1 Å². The van der Waals surface area contributed by atoms with Gasteiger partial charge in [0, 0.05) is 42.9 Å². The summed E-state index contributed by atoms with van der Waals surface area (Å²) in [5, 5.41) is 2.33. The number of hydrogen-bond acceptors (Lipinski definition) is 6. The van der Waals surface area contributed by atoms with Crippen molar-refractivity contribution in [2.24, 2.45) is 11.7 Å². The minimum atomic E-state index is -1.31. The first-order valence-electron chi connectivity index (χ1n) is 12.7.